The van der Waals surface area contributed by atoms with E-state index in [0.29, 0.717) is 24.6 Å². The van der Waals surface area contributed by atoms with Gasteiger partial charge in [-0.1, -0.05) is 12.1 Å². The van der Waals surface area contributed by atoms with Crippen LogP contribution in [0.4, 0.5) is 11.4 Å². The summed E-state index contributed by atoms with van der Waals surface area (Å²) in [6.07, 6.45) is 0. The summed E-state index contributed by atoms with van der Waals surface area (Å²) in [4.78, 5) is 24.3. The van der Waals surface area contributed by atoms with Crippen LogP contribution in [0.1, 0.15) is 10.4 Å². The fourth-order valence-electron chi connectivity index (χ4n) is 2.34. The number of nitro benzene ring substituents is 1. The lowest BCUT2D eigenvalue weighted by molar-refractivity contribution is -0.385. The van der Waals surface area contributed by atoms with Crippen LogP contribution in [0.3, 0.4) is 0 Å². The minimum Gasteiger partial charge on any atom is -0.502 e. The zero-order chi connectivity index (χ0) is 15.7. The number of benzene rings is 2. The lowest BCUT2D eigenvalue weighted by atomic mass is 10.1. The predicted octanol–water partition coefficient (Wildman–Crippen LogP) is 2.34. The summed E-state index contributed by atoms with van der Waals surface area (Å²) in [6.45, 7) is 0.702. The van der Waals surface area contributed by atoms with Crippen molar-refractivity contribution < 1.29 is 19.6 Å². The zero-order valence-corrected chi connectivity index (χ0v) is 11.4. The van der Waals surface area contributed by atoms with Crippen LogP contribution in [0.2, 0.25) is 0 Å². The zero-order valence-electron chi connectivity index (χ0n) is 11.4. The fourth-order valence-corrected chi connectivity index (χ4v) is 2.34. The molecule has 1 amide bonds. The van der Waals surface area contributed by atoms with E-state index in [1.807, 2.05) is 0 Å². The maximum absolute atomic E-state index is 12.6. The van der Waals surface area contributed by atoms with Crippen LogP contribution < -0.4 is 9.64 Å². The summed E-state index contributed by atoms with van der Waals surface area (Å²) < 4.78 is 5.48. The van der Waals surface area contributed by atoms with Crippen LogP contribution in [0.25, 0.3) is 0 Å². The summed E-state index contributed by atoms with van der Waals surface area (Å²) in [7, 11) is 0. The first-order valence-corrected chi connectivity index (χ1v) is 6.59. The Bertz CT molecular complexity index is 759. The van der Waals surface area contributed by atoms with Crippen molar-refractivity contribution in [1.29, 1.82) is 0 Å². The van der Waals surface area contributed by atoms with Gasteiger partial charge in [-0.05, 0) is 24.3 Å². The van der Waals surface area contributed by atoms with Gasteiger partial charge in [0, 0.05) is 11.6 Å². The van der Waals surface area contributed by atoms with E-state index in [0.717, 1.165) is 12.1 Å². The monoisotopic (exact) mass is 300 g/mol. The number of amides is 1. The molecule has 1 aliphatic heterocycles. The second-order valence-electron chi connectivity index (χ2n) is 4.73. The number of phenolic OH excluding ortho intramolecular Hbond substituents is 1. The molecule has 0 atom stereocenters. The van der Waals surface area contributed by atoms with Crippen LogP contribution in [0.15, 0.2) is 42.5 Å². The number of ether oxygens (including phenoxy) is 1. The molecule has 112 valence electrons. The molecule has 1 heterocycles. The maximum atomic E-state index is 12.6. The van der Waals surface area contributed by atoms with Gasteiger partial charge < -0.3 is 14.7 Å². The van der Waals surface area contributed by atoms with Gasteiger partial charge in [-0.2, -0.15) is 0 Å². The molecule has 2 aromatic carbocycles. The molecule has 1 aliphatic rings. The van der Waals surface area contributed by atoms with Crippen LogP contribution in [0, 0.1) is 10.1 Å². The van der Waals surface area contributed by atoms with E-state index in [4.69, 9.17) is 4.74 Å². The number of hydrogen-bond acceptors (Lipinski definition) is 5. The average molecular weight is 300 g/mol. The number of para-hydroxylation sites is 2. The predicted molar refractivity (Wildman–Crippen MR) is 78.4 cm³/mol. The lowest BCUT2D eigenvalue weighted by Crippen LogP contribution is -2.37. The Kier molecular flexibility index (Phi) is 3.38. The Morgan fingerprint density at radius 2 is 2.05 bits per heavy atom. The topological polar surface area (TPSA) is 92.9 Å². The molecule has 0 spiro atoms. The van der Waals surface area contributed by atoms with Gasteiger partial charge in [0.05, 0.1) is 17.2 Å². The molecule has 0 saturated heterocycles. The summed E-state index contributed by atoms with van der Waals surface area (Å²) in [5.41, 5.74) is 0.267. The van der Waals surface area contributed by atoms with E-state index in [1.54, 1.807) is 24.3 Å². The quantitative estimate of drug-likeness (QED) is 0.678. The number of nitro groups is 1. The van der Waals surface area contributed by atoms with E-state index >= 15 is 0 Å². The third-order valence-electron chi connectivity index (χ3n) is 3.39. The molecule has 7 heteroatoms. The van der Waals surface area contributed by atoms with E-state index in [9.17, 15) is 20.0 Å². The van der Waals surface area contributed by atoms with Gasteiger partial charge in [0.1, 0.15) is 12.4 Å². The summed E-state index contributed by atoms with van der Waals surface area (Å²) in [6, 6.07) is 10.7. The van der Waals surface area contributed by atoms with Gasteiger partial charge in [-0.25, -0.2) is 0 Å². The highest BCUT2D eigenvalue weighted by atomic mass is 16.6. The first-order valence-electron chi connectivity index (χ1n) is 6.59. The van der Waals surface area contributed by atoms with Crippen molar-refractivity contribution in [2.75, 3.05) is 18.1 Å². The SMILES string of the molecule is O=C(c1ccc(O)c([N+](=O)[O-])c1)N1CCOc2ccccc21. The molecule has 0 radical (unpaired) electrons. The molecule has 0 bridgehead atoms. The molecular formula is C15H12N2O5. The Balaban J connectivity index is 1.99. The van der Waals surface area contributed by atoms with Crippen LogP contribution in [-0.2, 0) is 0 Å². The number of carbonyl (C=O) groups is 1. The van der Waals surface area contributed by atoms with Gasteiger partial charge in [-0.3, -0.25) is 14.9 Å². The number of fused-ring (bicyclic) bond motifs is 1. The van der Waals surface area contributed by atoms with E-state index < -0.39 is 16.4 Å². The first-order chi connectivity index (χ1) is 10.6. The number of aromatic hydroxyl groups is 1. The molecule has 0 unspecified atom stereocenters. The van der Waals surface area contributed by atoms with Crippen molar-refractivity contribution in [3.8, 4) is 11.5 Å². The van der Waals surface area contributed by atoms with Gasteiger partial charge >= 0.3 is 5.69 Å². The van der Waals surface area contributed by atoms with Crippen molar-refractivity contribution in [3.63, 3.8) is 0 Å². The second kappa shape index (κ2) is 5.36. The van der Waals surface area contributed by atoms with Crippen molar-refractivity contribution >= 4 is 17.3 Å². The fraction of sp³-hybridized carbons (Fsp3) is 0.133. The number of carbonyl (C=O) groups excluding carboxylic acids is 1. The number of rotatable bonds is 2. The molecule has 7 nitrogen and oxygen atoms in total. The van der Waals surface area contributed by atoms with E-state index in [1.165, 1.54) is 11.0 Å². The molecule has 0 aromatic heterocycles. The second-order valence-corrected chi connectivity index (χ2v) is 4.73. The largest absolute Gasteiger partial charge is 0.502 e. The van der Waals surface area contributed by atoms with Crippen molar-refractivity contribution in [3.05, 3.63) is 58.1 Å². The molecule has 0 aliphatic carbocycles. The Hall–Kier alpha value is -3.09. The first kappa shape index (κ1) is 13.9. The van der Waals surface area contributed by atoms with Gasteiger partial charge in [0.2, 0.25) is 0 Å². The minimum atomic E-state index is -0.723. The molecule has 1 N–H and O–H groups in total. The van der Waals surface area contributed by atoms with Crippen molar-refractivity contribution in [1.82, 2.24) is 0 Å². The third kappa shape index (κ3) is 2.32. The maximum Gasteiger partial charge on any atom is 0.311 e. The minimum absolute atomic E-state index is 0.140. The number of nitrogens with zero attached hydrogens (tertiary/aromatic N) is 2. The summed E-state index contributed by atoms with van der Waals surface area (Å²) in [5.74, 6) is -0.252. The smallest absolute Gasteiger partial charge is 0.311 e. The lowest BCUT2D eigenvalue weighted by Gasteiger charge is -2.29. The van der Waals surface area contributed by atoms with Crippen LogP contribution in [-0.4, -0.2) is 29.1 Å². The van der Waals surface area contributed by atoms with Gasteiger partial charge in [0.15, 0.2) is 5.75 Å². The van der Waals surface area contributed by atoms with Crippen LogP contribution >= 0.6 is 0 Å². The van der Waals surface area contributed by atoms with E-state index in [2.05, 4.69) is 0 Å². The molecule has 0 fully saturated rings. The molecule has 2 aromatic rings. The van der Waals surface area contributed by atoms with E-state index in [-0.39, 0.29) is 11.5 Å². The number of hydrogen-bond donors (Lipinski definition) is 1. The Labute approximate surface area is 125 Å². The standard InChI is InChI=1S/C15H12N2O5/c18-13-6-5-10(9-12(13)17(20)21)15(19)16-7-8-22-14-4-2-1-3-11(14)16/h1-6,9,18H,7-8H2. The average Bonchev–Trinajstić information content (AvgIpc) is 2.54. The van der Waals surface area contributed by atoms with Crippen LogP contribution in [0.5, 0.6) is 11.5 Å². The number of phenols is 1. The summed E-state index contributed by atoms with van der Waals surface area (Å²) >= 11 is 0. The Morgan fingerprint density at radius 3 is 2.82 bits per heavy atom. The van der Waals surface area contributed by atoms with Gasteiger partial charge in [-0.15, -0.1) is 0 Å². The molecule has 0 saturated carbocycles. The number of anilines is 1. The highest BCUT2D eigenvalue weighted by Crippen LogP contribution is 2.33. The van der Waals surface area contributed by atoms with Crippen molar-refractivity contribution in [2.45, 2.75) is 0 Å². The highest BCUT2D eigenvalue weighted by Gasteiger charge is 2.26. The molecule has 22 heavy (non-hydrogen) atoms. The molecule has 3 rings (SSSR count). The Morgan fingerprint density at radius 1 is 1.27 bits per heavy atom. The highest BCUT2D eigenvalue weighted by molar-refractivity contribution is 6.07. The molecular weight excluding hydrogens is 288 g/mol. The third-order valence-corrected chi connectivity index (χ3v) is 3.39. The normalized spacial score (nSPS) is 13.2. The summed E-state index contributed by atoms with van der Waals surface area (Å²) in [5, 5.41) is 20.3. The van der Waals surface area contributed by atoms with Gasteiger partial charge in [0.25, 0.3) is 5.91 Å². The van der Waals surface area contributed by atoms with Crippen molar-refractivity contribution in [2.24, 2.45) is 0 Å².